The molecule has 0 aromatic heterocycles. The van der Waals surface area contributed by atoms with E-state index < -0.39 is 0 Å². The van der Waals surface area contributed by atoms with E-state index in [1.165, 1.54) is 5.56 Å². The first-order chi connectivity index (χ1) is 15.2. The number of aryl methyl sites for hydroxylation is 1. The molecule has 0 N–H and O–H groups in total. The second-order valence-corrected chi connectivity index (χ2v) is 7.21. The van der Waals surface area contributed by atoms with Gasteiger partial charge in [0.05, 0.1) is 0 Å². The van der Waals surface area contributed by atoms with Gasteiger partial charge in [0.1, 0.15) is 6.11 Å². The molecule has 0 amide bonds. The summed E-state index contributed by atoms with van der Waals surface area (Å²) in [6, 6.07) is 32.7. The SMILES string of the molecule is CC#Cc1cccc(C#COc2c(-c3ccccc3)cc(C)cc2-c2ccccc2)c1. The lowest BCUT2D eigenvalue weighted by molar-refractivity contribution is 0.523. The van der Waals surface area contributed by atoms with Gasteiger partial charge in [-0.25, -0.2) is 0 Å². The summed E-state index contributed by atoms with van der Waals surface area (Å²) in [5, 5.41) is 0. The van der Waals surface area contributed by atoms with Crippen LogP contribution in [0.4, 0.5) is 0 Å². The molecule has 148 valence electrons. The molecule has 0 unspecified atom stereocenters. The quantitative estimate of drug-likeness (QED) is 0.335. The van der Waals surface area contributed by atoms with Crippen LogP contribution in [0, 0.1) is 30.8 Å². The maximum Gasteiger partial charge on any atom is 0.155 e. The Labute approximate surface area is 184 Å². The average molecular weight is 399 g/mol. The van der Waals surface area contributed by atoms with Gasteiger partial charge in [0.15, 0.2) is 5.75 Å². The monoisotopic (exact) mass is 398 g/mol. The van der Waals surface area contributed by atoms with Gasteiger partial charge < -0.3 is 4.74 Å². The van der Waals surface area contributed by atoms with E-state index in [1.807, 2.05) is 67.6 Å². The van der Waals surface area contributed by atoms with Crippen LogP contribution >= 0.6 is 0 Å². The van der Waals surface area contributed by atoms with Crippen molar-refractivity contribution in [2.45, 2.75) is 13.8 Å². The van der Waals surface area contributed by atoms with Crippen LogP contribution in [0.2, 0.25) is 0 Å². The fraction of sp³-hybridized carbons (Fsp3) is 0.0667. The van der Waals surface area contributed by atoms with E-state index in [0.29, 0.717) is 0 Å². The summed E-state index contributed by atoms with van der Waals surface area (Å²) in [5.74, 6) is 9.87. The second-order valence-electron chi connectivity index (χ2n) is 7.21. The molecule has 0 heterocycles. The maximum absolute atomic E-state index is 6.14. The fourth-order valence-corrected chi connectivity index (χ4v) is 3.50. The Morgan fingerprint density at radius 1 is 0.613 bits per heavy atom. The van der Waals surface area contributed by atoms with Crippen LogP contribution in [0.3, 0.4) is 0 Å². The van der Waals surface area contributed by atoms with Crippen molar-refractivity contribution < 1.29 is 4.74 Å². The van der Waals surface area contributed by atoms with E-state index in [4.69, 9.17) is 4.74 Å². The molecule has 0 saturated carbocycles. The largest absolute Gasteiger partial charge is 0.406 e. The van der Waals surface area contributed by atoms with Gasteiger partial charge in [0, 0.05) is 22.3 Å². The Hall–Kier alpha value is -4.20. The van der Waals surface area contributed by atoms with Crippen LogP contribution < -0.4 is 4.74 Å². The van der Waals surface area contributed by atoms with Gasteiger partial charge in [0.2, 0.25) is 0 Å². The first-order valence-electron chi connectivity index (χ1n) is 10.2. The van der Waals surface area contributed by atoms with Crippen LogP contribution in [0.1, 0.15) is 23.6 Å². The zero-order chi connectivity index (χ0) is 21.5. The van der Waals surface area contributed by atoms with Gasteiger partial charge >= 0.3 is 0 Å². The van der Waals surface area contributed by atoms with E-state index in [0.717, 1.165) is 39.1 Å². The Bertz CT molecular complexity index is 1250. The molecule has 0 fully saturated rings. The van der Waals surface area contributed by atoms with Crippen LogP contribution in [0.5, 0.6) is 5.75 Å². The minimum absolute atomic E-state index is 0.764. The molecule has 0 atom stereocenters. The molecule has 0 bridgehead atoms. The number of ether oxygens (including phenoxy) is 1. The molecular weight excluding hydrogens is 376 g/mol. The molecule has 0 aliphatic carbocycles. The molecule has 0 saturated heterocycles. The van der Waals surface area contributed by atoms with E-state index in [2.05, 4.69) is 67.2 Å². The van der Waals surface area contributed by atoms with Crippen molar-refractivity contribution >= 4 is 0 Å². The van der Waals surface area contributed by atoms with E-state index in [-0.39, 0.29) is 0 Å². The molecule has 0 radical (unpaired) electrons. The van der Waals surface area contributed by atoms with E-state index >= 15 is 0 Å². The van der Waals surface area contributed by atoms with Crippen LogP contribution in [-0.4, -0.2) is 0 Å². The number of benzene rings is 4. The van der Waals surface area contributed by atoms with Crippen LogP contribution in [-0.2, 0) is 0 Å². The maximum atomic E-state index is 6.14. The second kappa shape index (κ2) is 9.53. The summed E-state index contributed by atoms with van der Waals surface area (Å²) in [5.41, 5.74) is 7.23. The Kier molecular flexibility index (Phi) is 6.18. The van der Waals surface area contributed by atoms with Crippen LogP contribution in [0.15, 0.2) is 97.1 Å². The Morgan fingerprint density at radius 2 is 1.16 bits per heavy atom. The number of hydrogen-bond donors (Lipinski definition) is 0. The molecule has 31 heavy (non-hydrogen) atoms. The van der Waals surface area contributed by atoms with Gasteiger partial charge in [-0.3, -0.25) is 0 Å². The van der Waals surface area contributed by atoms with Crippen molar-refractivity contribution in [3.8, 4) is 51.9 Å². The molecular formula is C30H22O. The van der Waals surface area contributed by atoms with Gasteiger partial charge in [0.25, 0.3) is 0 Å². The highest BCUT2D eigenvalue weighted by molar-refractivity contribution is 5.83. The van der Waals surface area contributed by atoms with Crippen LogP contribution in [0.25, 0.3) is 22.3 Å². The lowest BCUT2D eigenvalue weighted by Crippen LogP contribution is -1.94. The highest BCUT2D eigenvalue weighted by Crippen LogP contribution is 2.40. The van der Waals surface area contributed by atoms with Crippen molar-refractivity contribution in [3.63, 3.8) is 0 Å². The summed E-state index contributed by atoms with van der Waals surface area (Å²) in [7, 11) is 0. The van der Waals surface area contributed by atoms with Gasteiger partial charge in [-0.05, 0) is 66.8 Å². The fourth-order valence-electron chi connectivity index (χ4n) is 3.50. The molecule has 1 heteroatoms. The van der Waals surface area contributed by atoms with Gasteiger partial charge in [-0.15, -0.1) is 5.92 Å². The summed E-state index contributed by atoms with van der Waals surface area (Å²) < 4.78 is 6.14. The minimum Gasteiger partial charge on any atom is -0.406 e. The summed E-state index contributed by atoms with van der Waals surface area (Å²) in [4.78, 5) is 0. The minimum atomic E-state index is 0.764. The third-order valence-corrected chi connectivity index (χ3v) is 4.88. The first-order valence-corrected chi connectivity index (χ1v) is 10.2. The molecule has 0 aliphatic heterocycles. The molecule has 0 aliphatic rings. The zero-order valence-corrected chi connectivity index (χ0v) is 17.6. The topological polar surface area (TPSA) is 9.23 Å². The van der Waals surface area contributed by atoms with Crippen molar-refractivity contribution in [2.24, 2.45) is 0 Å². The van der Waals surface area contributed by atoms with Crippen molar-refractivity contribution in [1.82, 2.24) is 0 Å². The molecule has 4 aromatic carbocycles. The summed E-state index contributed by atoms with van der Waals surface area (Å²) >= 11 is 0. The smallest absolute Gasteiger partial charge is 0.155 e. The Morgan fingerprint density at radius 3 is 1.71 bits per heavy atom. The van der Waals surface area contributed by atoms with Crippen molar-refractivity contribution in [2.75, 3.05) is 0 Å². The Balaban J connectivity index is 1.80. The third-order valence-electron chi connectivity index (χ3n) is 4.88. The predicted octanol–water partition coefficient (Wildman–Crippen LogP) is 7.09. The molecule has 4 rings (SSSR count). The summed E-state index contributed by atoms with van der Waals surface area (Å²) in [6.45, 7) is 3.93. The normalized spacial score (nSPS) is 9.74. The zero-order valence-electron chi connectivity index (χ0n) is 17.6. The lowest BCUT2D eigenvalue weighted by Gasteiger charge is -2.14. The standard InChI is InChI=1S/C30H22O/c1-3-11-24-12-10-13-25(22-24)18-19-31-30-28(26-14-6-4-7-15-26)20-23(2)21-29(30)27-16-8-5-9-17-27/h4-10,12-17,20-22H,1-2H3. The number of rotatable bonds is 3. The first kappa shape index (κ1) is 20.1. The molecule has 0 spiro atoms. The van der Waals surface area contributed by atoms with E-state index in [1.54, 1.807) is 0 Å². The van der Waals surface area contributed by atoms with Gasteiger partial charge in [-0.2, -0.15) is 0 Å². The third kappa shape index (κ3) is 4.87. The average Bonchev–Trinajstić information content (AvgIpc) is 2.81. The van der Waals surface area contributed by atoms with Crippen molar-refractivity contribution in [1.29, 1.82) is 0 Å². The van der Waals surface area contributed by atoms with E-state index in [9.17, 15) is 0 Å². The highest BCUT2D eigenvalue weighted by Gasteiger charge is 2.14. The highest BCUT2D eigenvalue weighted by atomic mass is 16.5. The van der Waals surface area contributed by atoms with Gasteiger partial charge in [-0.1, -0.05) is 72.7 Å². The summed E-state index contributed by atoms with van der Waals surface area (Å²) in [6.07, 6.45) is 2.93. The predicted molar refractivity (Wildman–Crippen MR) is 129 cm³/mol. The molecule has 1 nitrogen and oxygen atoms in total. The van der Waals surface area contributed by atoms with Crippen molar-refractivity contribution in [3.05, 3.63) is 114 Å². The molecule has 4 aromatic rings. The lowest BCUT2D eigenvalue weighted by atomic mass is 9.95. The number of hydrogen-bond acceptors (Lipinski definition) is 1.